The van der Waals surface area contributed by atoms with Gasteiger partial charge < -0.3 is 10.6 Å². The molecule has 0 aliphatic carbocycles. The first-order valence-electron chi connectivity index (χ1n) is 7.54. The fraction of sp³-hybridized carbons (Fsp3) is 0.588. The van der Waals surface area contributed by atoms with E-state index in [0.29, 0.717) is 6.54 Å². The Morgan fingerprint density at radius 3 is 2.35 bits per heavy atom. The molecule has 0 aliphatic rings. The maximum Gasteiger partial charge on any atom is 0.314 e. The Balaban J connectivity index is 2.39. The first-order valence-corrected chi connectivity index (χ1v) is 7.54. The summed E-state index contributed by atoms with van der Waals surface area (Å²) in [6.07, 6.45) is 3.38. The maximum atomic E-state index is 11.7. The second-order valence-corrected chi connectivity index (χ2v) is 6.07. The van der Waals surface area contributed by atoms with Crippen LogP contribution in [-0.2, 0) is 5.41 Å². The molecule has 2 N–H and O–H groups in total. The molecule has 0 spiro atoms. The number of unbranched alkanes of at least 4 members (excludes halogenated alkanes) is 2. The molecule has 3 heteroatoms. The molecule has 0 saturated heterocycles. The molecule has 1 aromatic rings. The summed E-state index contributed by atoms with van der Waals surface area (Å²) in [4.78, 5) is 11.7. The molecule has 0 radical (unpaired) electrons. The molecule has 0 fully saturated rings. The molecule has 1 aromatic carbocycles. The minimum Gasteiger partial charge on any atom is -0.338 e. The number of hydrogen-bond acceptors (Lipinski definition) is 1. The smallest absolute Gasteiger partial charge is 0.314 e. The molecule has 0 bridgehead atoms. The van der Waals surface area contributed by atoms with E-state index < -0.39 is 0 Å². The third kappa shape index (κ3) is 5.64. The lowest BCUT2D eigenvalue weighted by Gasteiger charge is -2.26. The number of carbonyl (C=O) groups is 1. The first kappa shape index (κ1) is 16.5. The van der Waals surface area contributed by atoms with Gasteiger partial charge in [0, 0.05) is 18.5 Å². The fourth-order valence-electron chi connectivity index (χ4n) is 2.05. The van der Waals surface area contributed by atoms with Crippen LogP contribution in [0.3, 0.4) is 0 Å². The molecular formula is C17H28N2O. The Morgan fingerprint density at radius 2 is 1.75 bits per heavy atom. The van der Waals surface area contributed by atoms with Crippen molar-refractivity contribution in [2.75, 3.05) is 13.1 Å². The van der Waals surface area contributed by atoms with Gasteiger partial charge >= 0.3 is 6.03 Å². The number of rotatable bonds is 7. The molecule has 0 unspecified atom stereocenters. The second-order valence-electron chi connectivity index (χ2n) is 6.07. The van der Waals surface area contributed by atoms with Crippen molar-refractivity contribution in [2.24, 2.45) is 0 Å². The molecule has 0 heterocycles. The zero-order chi connectivity index (χ0) is 15.0. The van der Waals surface area contributed by atoms with Gasteiger partial charge in [-0.3, -0.25) is 0 Å². The fourth-order valence-corrected chi connectivity index (χ4v) is 2.05. The van der Waals surface area contributed by atoms with Crippen LogP contribution in [0.15, 0.2) is 24.3 Å². The summed E-state index contributed by atoms with van der Waals surface area (Å²) < 4.78 is 0. The van der Waals surface area contributed by atoms with E-state index in [1.54, 1.807) is 0 Å². The second kappa shape index (κ2) is 7.93. The van der Waals surface area contributed by atoms with E-state index in [1.807, 2.05) is 0 Å². The molecule has 0 saturated carbocycles. The van der Waals surface area contributed by atoms with E-state index in [4.69, 9.17) is 0 Å². The topological polar surface area (TPSA) is 41.1 Å². The van der Waals surface area contributed by atoms with Crippen LogP contribution in [0.25, 0.3) is 0 Å². The van der Waals surface area contributed by atoms with Crippen LogP contribution < -0.4 is 10.6 Å². The van der Waals surface area contributed by atoms with E-state index in [-0.39, 0.29) is 11.4 Å². The molecular weight excluding hydrogens is 248 g/mol. The van der Waals surface area contributed by atoms with Gasteiger partial charge in [-0.2, -0.15) is 0 Å². The van der Waals surface area contributed by atoms with Gasteiger partial charge in [-0.05, 0) is 18.9 Å². The highest BCUT2D eigenvalue weighted by atomic mass is 16.2. The minimum absolute atomic E-state index is 0.0611. The van der Waals surface area contributed by atoms with Gasteiger partial charge in [0.25, 0.3) is 0 Å². The molecule has 0 aromatic heterocycles. The number of benzene rings is 1. The third-order valence-corrected chi connectivity index (χ3v) is 3.59. The van der Waals surface area contributed by atoms with Crippen molar-refractivity contribution in [2.45, 2.75) is 52.4 Å². The average molecular weight is 276 g/mol. The first-order chi connectivity index (χ1) is 9.45. The Morgan fingerprint density at radius 1 is 1.10 bits per heavy atom. The van der Waals surface area contributed by atoms with Crippen molar-refractivity contribution in [3.63, 3.8) is 0 Å². The summed E-state index contributed by atoms with van der Waals surface area (Å²) in [5.74, 6) is 0. The van der Waals surface area contributed by atoms with Crippen LogP contribution in [0.5, 0.6) is 0 Å². The normalized spacial score (nSPS) is 11.2. The van der Waals surface area contributed by atoms with Crippen molar-refractivity contribution < 1.29 is 4.79 Å². The Kier molecular flexibility index (Phi) is 6.56. The standard InChI is InChI=1S/C17H28N2O/c1-5-6-7-12-18-16(20)19-13-17(3,4)15-10-8-14(2)9-11-15/h8-11H,5-7,12-13H2,1-4H3,(H2,18,19,20). The zero-order valence-electron chi connectivity index (χ0n) is 13.3. The van der Waals surface area contributed by atoms with E-state index in [1.165, 1.54) is 17.5 Å². The number of hydrogen-bond donors (Lipinski definition) is 2. The van der Waals surface area contributed by atoms with Crippen LogP contribution in [0.1, 0.15) is 51.2 Å². The zero-order valence-corrected chi connectivity index (χ0v) is 13.3. The molecule has 0 atom stereocenters. The quantitative estimate of drug-likeness (QED) is 0.731. The Hall–Kier alpha value is -1.51. The van der Waals surface area contributed by atoms with Gasteiger partial charge in [0.1, 0.15) is 0 Å². The predicted octanol–water partition coefficient (Wildman–Crippen LogP) is 3.76. The number of nitrogens with one attached hydrogen (secondary N) is 2. The van der Waals surface area contributed by atoms with Gasteiger partial charge in [0.2, 0.25) is 0 Å². The van der Waals surface area contributed by atoms with Gasteiger partial charge in [0.05, 0.1) is 0 Å². The molecule has 20 heavy (non-hydrogen) atoms. The summed E-state index contributed by atoms with van der Waals surface area (Å²) in [6, 6.07) is 8.43. The van der Waals surface area contributed by atoms with Gasteiger partial charge in [-0.1, -0.05) is 63.4 Å². The summed E-state index contributed by atoms with van der Waals surface area (Å²) in [5, 5.41) is 5.86. The monoisotopic (exact) mass is 276 g/mol. The predicted molar refractivity (Wildman–Crippen MR) is 85.1 cm³/mol. The lowest BCUT2D eigenvalue weighted by atomic mass is 9.84. The van der Waals surface area contributed by atoms with Crippen molar-refractivity contribution in [3.05, 3.63) is 35.4 Å². The van der Waals surface area contributed by atoms with E-state index in [0.717, 1.165) is 19.4 Å². The number of amides is 2. The van der Waals surface area contributed by atoms with Crippen LogP contribution in [0.4, 0.5) is 4.79 Å². The maximum absolute atomic E-state index is 11.7. The summed E-state index contributed by atoms with van der Waals surface area (Å²) in [6.45, 7) is 9.92. The van der Waals surface area contributed by atoms with Crippen molar-refractivity contribution in [1.82, 2.24) is 10.6 Å². The number of urea groups is 1. The lowest BCUT2D eigenvalue weighted by Crippen LogP contribution is -2.42. The SMILES string of the molecule is CCCCCNC(=O)NCC(C)(C)c1ccc(C)cc1. The highest BCUT2D eigenvalue weighted by Gasteiger charge is 2.21. The molecule has 2 amide bonds. The van der Waals surface area contributed by atoms with Crippen molar-refractivity contribution in [3.8, 4) is 0 Å². The van der Waals surface area contributed by atoms with Gasteiger partial charge in [-0.25, -0.2) is 4.79 Å². The third-order valence-electron chi connectivity index (χ3n) is 3.59. The largest absolute Gasteiger partial charge is 0.338 e. The van der Waals surface area contributed by atoms with Crippen LogP contribution in [0, 0.1) is 6.92 Å². The van der Waals surface area contributed by atoms with Gasteiger partial charge in [-0.15, -0.1) is 0 Å². The lowest BCUT2D eigenvalue weighted by molar-refractivity contribution is 0.238. The molecule has 112 valence electrons. The highest BCUT2D eigenvalue weighted by molar-refractivity contribution is 5.73. The number of carbonyl (C=O) groups excluding carboxylic acids is 1. The number of aryl methyl sites for hydroxylation is 1. The van der Waals surface area contributed by atoms with E-state index in [9.17, 15) is 4.79 Å². The van der Waals surface area contributed by atoms with E-state index in [2.05, 4.69) is 62.6 Å². The van der Waals surface area contributed by atoms with Crippen molar-refractivity contribution in [1.29, 1.82) is 0 Å². The molecule has 1 rings (SSSR count). The average Bonchev–Trinajstić information content (AvgIpc) is 2.42. The van der Waals surface area contributed by atoms with Crippen LogP contribution >= 0.6 is 0 Å². The summed E-state index contributed by atoms with van der Waals surface area (Å²) in [7, 11) is 0. The molecule has 0 aliphatic heterocycles. The Labute approximate surface area is 123 Å². The highest BCUT2D eigenvalue weighted by Crippen LogP contribution is 2.22. The van der Waals surface area contributed by atoms with Gasteiger partial charge in [0.15, 0.2) is 0 Å². The van der Waals surface area contributed by atoms with Crippen LogP contribution in [-0.4, -0.2) is 19.1 Å². The summed E-state index contributed by atoms with van der Waals surface area (Å²) >= 11 is 0. The van der Waals surface area contributed by atoms with Crippen LogP contribution in [0.2, 0.25) is 0 Å². The minimum atomic E-state index is -0.0683. The Bertz CT molecular complexity index is 410. The van der Waals surface area contributed by atoms with E-state index >= 15 is 0 Å². The van der Waals surface area contributed by atoms with Crippen molar-refractivity contribution >= 4 is 6.03 Å². The summed E-state index contributed by atoms with van der Waals surface area (Å²) in [5.41, 5.74) is 2.44. The molecule has 3 nitrogen and oxygen atoms in total.